The highest BCUT2D eigenvalue weighted by Gasteiger charge is 2.51. The van der Waals surface area contributed by atoms with Crippen LogP contribution in [0.2, 0.25) is 0 Å². The smallest absolute Gasteiger partial charge is 0.338 e. The maximum Gasteiger partial charge on any atom is 0.338 e. The van der Waals surface area contributed by atoms with Crippen molar-refractivity contribution in [2.45, 2.75) is 31.1 Å². The van der Waals surface area contributed by atoms with E-state index in [-0.39, 0.29) is 29.0 Å². The Kier molecular flexibility index (Phi) is 10.2. The van der Waals surface area contributed by atoms with E-state index in [9.17, 15) is 19.2 Å². The lowest BCUT2D eigenvalue weighted by Gasteiger charge is -2.25. The topological polar surface area (TPSA) is 119 Å². The summed E-state index contributed by atoms with van der Waals surface area (Å²) in [6, 6.07) is 34.2. The van der Waals surface area contributed by atoms with Crippen LogP contribution < -0.4 is 10.3 Å². The number of esters is 3. The molecule has 0 N–H and O–H groups in total. The predicted octanol–water partition coefficient (Wildman–Crippen LogP) is 5.77. The van der Waals surface area contributed by atoms with E-state index in [2.05, 4.69) is 0 Å². The second kappa shape index (κ2) is 15.2. The number of hydrogen-bond donors (Lipinski definition) is 0. The molecule has 0 unspecified atom stereocenters. The standard InChI is InChI=1S/C38H30FNO9/c39-29-22-40(32(41)21-30(29)45-23-25-13-5-1-6-14-25)35-34(49-38(44)28-19-11-4-12-20-28)33(48-37(43)27-17-9-3-10-18-27)31(47-35)24-46-36(42)26-15-7-2-8-16-26/h1-22,31,33-35H,23-24H2/t31-,33-,34-,35-/m1/s1. The molecular formula is C38H30FNO9. The van der Waals surface area contributed by atoms with Crippen molar-refractivity contribution in [3.63, 3.8) is 0 Å². The Morgan fingerprint density at radius 2 is 1.16 bits per heavy atom. The van der Waals surface area contributed by atoms with Crippen LogP contribution >= 0.6 is 0 Å². The Morgan fingerprint density at radius 1 is 0.673 bits per heavy atom. The van der Waals surface area contributed by atoms with Gasteiger partial charge in [0.05, 0.1) is 16.7 Å². The van der Waals surface area contributed by atoms with Crippen molar-refractivity contribution in [2.75, 3.05) is 6.61 Å². The van der Waals surface area contributed by atoms with Crippen molar-refractivity contribution in [3.05, 3.63) is 172 Å². The van der Waals surface area contributed by atoms with E-state index in [0.717, 1.165) is 22.4 Å². The summed E-state index contributed by atoms with van der Waals surface area (Å²) >= 11 is 0. The zero-order valence-electron chi connectivity index (χ0n) is 25.9. The molecule has 4 atom stereocenters. The first-order chi connectivity index (χ1) is 23.9. The first kappa shape index (κ1) is 32.9. The number of hydrogen-bond acceptors (Lipinski definition) is 9. The fourth-order valence-electron chi connectivity index (χ4n) is 5.23. The number of pyridine rings is 1. The van der Waals surface area contributed by atoms with Crippen molar-refractivity contribution >= 4 is 17.9 Å². The maximum atomic E-state index is 15.5. The van der Waals surface area contributed by atoms with Crippen LogP contribution in [-0.4, -0.2) is 47.4 Å². The summed E-state index contributed by atoms with van der Waals surface area (Å²) in [7, 11) is 0. The molecular weight excluding hydrogens is 633 g/mol. The molecule has 248 valence electrons. The molecule has 0 saturated carbocycles. The molecule has 2 heterocycles. The van der Waals surface area contributed by atoms with Gasteiger partial charge in [-0.1, -0.05) is 84.9 Å². The first-order valence-corrected chi connectivity index (χ1v) is 15.4. The fourth-order valence-corrected chi connectivity index (χ4v) is 5.23. The zero-order valence-corrected chi connectivity index (χ0v) is 25.9. The fraction of sp³-hybridized carbons (Fsp3) is 0.158. The second-order valence-electron chi connectivity index (χ2n) is 11.0. The van der Waals surface area contributed by atoms with E-state index in [4.69, 9.17) is 23.7 Å². The summed E-state index contributed by atoms with van der Waals surface area (Å²) in [5, 5.41) is 0. The van der Waals surface area contributed by atoms with Gasteiger partial charge in [-0.05, 0) is 42.0 Å². The SMILES string of the molecule is O=C(OC[C@H]1O[C@@H](n2cc(F)c(OCc3ccccc3)cc2=O)[C@H](OC(=O)c2ccccc2)[C@@H]1OC(=O)c1ccccc1)c1ccccc1. The number of halogens is 1. The zero-order chi connectivity index (χ0) is 34.2. The summed E-state index contributed by atoms with van der Waals surface area (Å²) in [5.41, 5.74) is 0.601. The molecule has 0 amide bonds. The van der Waals surface area contributed by atoms with Crippen LogP contribution in [0.3, 0.4) is 0 Å². The van der Waals surface area contributed by atoms with Crippen LogP contribution in [-0.2, 0) is 25.6 Å². The van der Waals surface area contributed by atoms with E-state index in [1.165, 1.54) is 24.3 Å². The number of benzene rings is 4. The van der Waals surface area contributed by atoms with Crippen LogP contribution in [0.1, 0.15) is 42.9 Å². The van der Waals surface area contributed by atoms with Gasteiger partial charge in [0.15, 0.2) is 30.0 Å². The van der Waals surface area contributed by atoms with Crippen LogP contribution in [0.15, 0.2) is 138 Å². The average molecular weight is 664 g/mol. The van der Waals surface area contributed by atoms with Crippen molar-refractivity contribution < 1.29 is 42.5 Å². The number of nitrogens with zero attached hydrogens (tertiary/aromatic N) is 1. The van der Waals surface area contributed by atoms with E-state index in [0.29, 0.717) is 0 Å². The van der Waals surface area contributed by atoms with Gasteiger partial charge in [-0.15, -0.1) is 0 Å². The van der Waals surface area contributed by atoms with Crippen LogP contribution in [0.4, 0.5) is 4.39 Å². The van der Waals surface area contributed by atoms with Crippen LogP contribution in [0.5, 0.6) is 5.75 Å². The highest BCUT2D eigenvalue weighted by molar-refractivity contribution is 5.91. The Morgan fingerprint density at radius 3 is 1.71 bits per heavy atom. The summed E-state index contributed by atoms with van der Waals surface area (Å²) in [5.74, 6) is -3.51. The van der Waals surface area contributed by atoms with Crippen LogP contribution in [0, 0.1) is 5.82 Å². The van der Waals surface area contributed by atoms with E-state index in [1.54, 1.807) is 91.0 Å². The molecule has 4 aromatic carbocycles. The minimum atomic E-state index is -1.51. The Balaban J connectivity index is 1.34. The normalized spacial score (nSPS) is 18.3. The van der Waals surface area contributed by atoms with E-state index < -0.39 is 60.4 Å². The van der Waals surface area contributed by atoms with Gasteiger partial charge in [0, 0.05) is 12.3 Å². The van der Waals surface area contributed by atoms with Crippen molar-refractivity contribution in [2.24, 2.45) is 0 Å². The molecule has 0 bridgehead atoms. The lowest BCUT2D eigenvalue weighted by molar-refractivity contribution is -0.0638. The average Bonchev–Trinajstić information content (AvgIpc) is 3.47. The van der Waals surface area contributed by atoms with Gasteiger partial charge in [0.2, 0.25) is 0 Å². The summed E-state index contributed by atoms with van der Waals surface area (Å²) in [4.78, 5) is 53.1. The lowest BCUT2D eigenvalue weighted by Crippen LogP contribution is -2.42. The number of aromatic nitrogens is 1. The molecule has 49 heavy (non-hydrogen) atoms. The van der Waals surface area contributed by atoms with E-state index >= 15 is 4.39 Å². The summed E-state index contributed by atoms with van der Waals surface area (Å²) in [6.45, 7) is -0.462. The highest BCUT2D eigenvalue weighted by Crippen LogP contribution is 2.35. The molecule has 1 fully saturated rings. The predicted molar refractivity (Wildman–Crippen MR) is 173 cm³/mol. The molecule has 10 nitrogen and oxygen atoms in total. The number of ether oxygens (including phenoxy) is 5. The molecule has 0 radical (unpaired) electrons. The maximum absolute atomic E-state index is 15.5. The van der Waals surface area contributed by atoms with Gasteiger partial charge in [-0.2, -0.15) is 0 Å². The molecule has 11 heteroatoms. The molecule has 1 aromatic heterocycles. The molecule has 1 aliphatic heterocycles. The van der Waals surface area contributed by atoms with Gasteiger partial charge in [-0.3, -0.25) is 9.36 Å². The number of rotatable bonds is 11. The van der Waals surface area contributed by atoms with Gasteiger partial charge >= 0.3 is 17.9 Å². The molecule has 0 spiro atoms. The lowest BCUT2D eigenvalue weighted by atomic mass is 10.1. The van der Waals surface area contributed by atoms with E-state index in [1.807, 2.05) is 6.07 Å². The second-order valence-corrected chi connectivity index (χ2v) is 11.0. The molecule has 6 rings (SSSR count). The van der Waals surface area contributed by atoms with Crippen molar-refractivity contribution in [1.29, 1.82) is 0 Å². The van der Waals surface area contributed by atoms with Gasteiger partial charge < -0.3 is 23.7 Å². The Hall–Kier alpha value is -6.07. The summed E-state index contributed by atoms with van der Waals surface area (Å²) < 4.78 is 45.4. The quantitative estimate of drug-likeness (QED) is 0.128. The first-order valence-electron chi connectivity index (χ1n) is 15.4. The van der Waals surface area contributed by atoms with Crippen molar-refractivity contribution in [3.8, 4) is 5.75 Å². The third kappa shape index (κ3) is 7.91. The summed E-state index contributed by atoms with van der Waals surface area (Å²) in [6.07, 6.45) is -4.79. The number of carbonyl (C=O) groups excluding carboxylic acids is 3. The van der Waals surface area contributed by atoms with Gasteiger partial charge in [-0.25, -0.2) is 18.8 Å². The van der Waals surface area contributed by atoms with Crippen molar-refractivity contribution in [1.82, 2.24) is 4.57 Å². The van der Waals surface area contributed by atoms with Gasteiger partial charge in [0.1, 0.15) is 19.3 Å². The minimum Gasteiger partial charge on any atom is -0.486 e. The number of carbonyl (C=O) groups is 3. The Labute approximate surface area is 280 Å². The third-order valence-electron chi connectivity index (χ3n) is 7.69. The monoisotopic (exact) mass is 663 g/mol. The minimum absolute atomic E-state index is 0.00478. The molecule has 5 aromatic rings. The van der Waals surface area contributed by atoms with Crippen LogP contribution in [0.25, 0.3) is 0 Å². The molecule has 1 saturated heterocycles. The Bertz CT molecular complexity index is 1950. The largest absolute Gasteiger partial charge is 0.486 e. The third-order valence-corrected chi connectivity index (χ3v) is 7.69. The highest BCUT2D eigenvalue weighted by atomic mass is 19.1. The molecule has 1 aliphatic rings. The van der Waals surface area contributed by atoms with Gasteiger partial charge in [0.25, 0.3) is 5.56 Å². The molecule has 0 aliphatic carbocycles.